The number of nitrogens with zero attached hydrogens (tertiary/aromatic N) is 4. The Morgan fingerprint density at radius 1 is 1.33 bits per heavy atom. The van der Waals surface area contributed by atoms with Crippen LogP contribution in [-0.2, 0) is 0 Å². The lowest BCUT2D eigenvalue weighted by Gasteiger charge is -2.03. The second kappa shape index (κ2) is 5.95. The van der Waals surface area contributed by atoms with Crippen LogP contribution in [0.15, 0.2) is 41.9 Å². The normalized spacial score (nSPS) is 10.1. The summed E-state index contributed by atoms with van der Waals surface area (Å²) < 4.78 is 1.69. The predicted octanol–water partition coefficient (Wildman–Crippen LogP) is 2.82. The zero-order valence-corrected chi connectivity index (χ0v) is 10.6. The Bertz CT molecular complexity index is 496. The minimum Gasteiger partial charge on any atom is -0.355 e. The van der Waals surface area contributed by atoms with Gasteiger partial charge in [0.15, 0.2) is 11.6 Å². The fourth-order valence-corrected chi connectivity index (χ4v) is 1.46. The first-order chi connectivity index (χ1) is 8.83. The Kier molecular flexibility index (Phi) is 4.06. The van der Waals surface area contributed by atoms with Crippen LogP contribution in [0.5, 0.6) is 5.75 Å². The zero-order chi connectivity index (χ0) is 12.8. The number of aromatic nitrogens is 3. The molecule has 2 heterocycles. The van der Waals surface area contributed by atoms with Crippen molar-refractivity contribution >= 4 is 5.71 Å². The zero-order valence-electron chi connectivity index (χ0n) is 10.6. The third kappa shape index (κ3) is 2.94. The van der Waals surface area contributed by atoms with Crippen LogP contribution in [0.3, 0.4) is 0 Å². The van der Waals surface area contributed by atoms with E-state index < -0.39 is 0 Å². The standard InChI is InChI=1S/C13H16N4O/c1-3-11(4-2)16-18-12-6-7-13(14-10-12)17-9-5-8-15-17/h5-10H,3-4H2,1-2H3. The summed E-state index contributed by atoms with van der Waals surface area (Å²) in [6.07, 6.45) is 6.99. The van der Waals surface area contributed by atoms with E-state index in [9.17, 15) is 0 Å². The van der Waals surface area contributed by atoms with Gasteiger partial charge in [-0.25, -0.2) is 9.67 Å². The van der Waals surface area contributed by atoms with Gasteiger partial charge in [0.25, 0.3) is 0 Å². The molecule has 0 radical (unpaired) electrons. The molecule has 0 amide bonds. The van der Waals surface area contributed by atoms with Crippen molar-refractivity contribution in [1.29, 1.82) is 0 Å². The molecule has 0 atom stereocenters. The molecule has 94 valence electrons. The molecule has 18 heavy (non-hydrogen) atoms. The maximum Gasteiger partial charge on any atom is 0.176 e. The van der Waals surface area contributed by atoms with E-state index in [1.165, 1.54) is 0 Å². The van der Waals surface area contributed by atoms with Gasteiger partial charge in [0.05, 0.1) is 11.9 Å². The van der Waals surface area contributed by atoms with E-state index in [4.69, 9.17) is 4.84 Å². The largest absolute Gasteiger partial charge is 0.355 e. The molecule has 2 rings (SSSR count). The van der Waals surface area contributed by atoms with Crippen molar-refractivity contribution in [3.8, 4) is 11.6 Å². The number of hydrogen-bond donors (Lipinski definition) is 0. The van der Waals surface area contributed by atoms with Gasteiger partial charge in [0.1, 0.15) is 0 Å². The molecular weight excluding hydrogens is 228 g/mol. The molecule has 5 heteroatoms. The summed E-state index contributed by atoms with van der Waals surface area (Å²) in [5, 5.41) is 8.18. The highest BCUT2D eigenvalue weighted by Gasteiger charge is 1.99. The van der Waals surface area contributed by atoms with Crippen LogP contribution in [0, 0.1) is 0 Å². The highest BCUT2D eigenvalue weighted by molar-refractivity contribution is 5.83. The van der Waals surface area contributed by atoms with Gasteiger partial charge < -0.3 is 4.84 Å². The molecule has 0 spiro atoms. The number of pyridine rings is 1. The monoisotopic (exact) mass is 244 g/mol. The number of hydrogen-bond acceptors (Lipinski definition) is 4. The van der Waals surface area contributed by atoms with E-state index in [1.807, 2.05) is 24.4 Å². The van der Waals surface area contributed by atoms with Crippen molar-refractivity contribution in [2.45, 2.75) is 26.7 Å². The molecule has 2 aromatic heterocycles. The lowest BCUT2D eigenvalue weighted by molar-refractivity contribution is 0.337. The van der Waals surface area contributed by atoms with Crippen LogP contribution < -0.4 is 4.84 Å². The summed E-state index contributed by atoms with van der Waals surface area (Å²) in [6.45, 7) is 4.12. The molecule has 0 aromatic carbocycles. The van der Waals surface area contributed by atoms with Gasteiger partial charge in [-0.15, -0.1) is 0 Å². The highest BCUT2D eigenvalue weighted by atomic mass is 16.6. The predicted molar refractivity (Wildman–Crippen MR) is 70.0 cm³/mol. The Balaban J connectivity index is 2.06. The van der Waals surface area contributed by atoms with Crippen LogP contribution >= 0.6 is 0 Å². The molecule has 0 unspecified atom stereocenters. The minimum absolute atomic E-state index is 0.630. The minimum atomic E-state index is 0.630. The second-order valence-corrected chi connectivity index (χ2v) is 3.76. The van der Waals surface area contributed by atoms with Gasteiger partial charge in [-0.3, -0.25) is 0 Å². The van der Waals surface area contributed by atoms with Crippen LogP contribution in [0.2, 0.25) is 0 Å². The van der Waals surface area contributed by atoms with Crippen molar-refractivity contribution in [1.82, 2.24) is 14.8 Å². The molecule has 0 aliphatic carbocycles. The molecule has 0 saturated heterocycles. The molecule has 0 saturated carbocycles. The molecule has 0 bridgehead atoms. The van der Waals surface area contributed by atoms with Gasteiger partial charge in [-0.1, -0.05) is 19.0 Å². The summed E-state index contributed by atoms with van der Waals surface area (Å²) in [4.78, 5) is 9.58. The van der Waals surface area contributed by atoms with Crippen LogP contribution in [-0.4, -0.2) is 20.5 Å². The smallest absolute Gasteiger partial charge is 0.176 e. The highest BCUT2D eigenvalue weighted by Crippen LogP contribution is 2.12. The van der Waals surface area contributed by atoms with Gasteiger partial charge >= 0.3 is 0 Å². The first-order valence-corrected chi connectivity index (χ1v) is 6.02. The van der Waals surface area contributed by atoms with E-state index in [1.54, 1.807) is 17.1 Å². The Morgan fingerprint density at radius 3 is 2.72 bits per heavy atom. The molecule has 0 aliphatic heterocycles. The van der Waals surface area contributed by atoms with Gasteiger partial charge in [-0.2, -0.15) is 5.10 Å². The number of rotatable bonds is 5. The topological polar surface area (TPSA) is 52.3 Å². The fraction of sp³-hybridized carbons (Fsp3) is 0.308. The van der Waals surface area contributed by atoms with E-state index in [-0.39, 0.29) is 0 Å². The van der Waals surface area contributed by atoms with Crippen molar-refractivity contribution in [2.24, 2.45) is 5.16 Å². The Hall–Kier alpha value is -2.17. The molecule has 2 aromatic rings. The van der Waals surface area contributed by atoms with E-state index >= 15 is 0 Å². The van der Waals surface area contributed by atoms with Crippen LogP contribution in [0.4, 0.5) is 0 Å². The average molecular weight is 244 g/mol. The summed E-state index contributed by atoms with van der Waals surface area (Å²) >= 11 is 0. The lowest BCUT2D eigenvalue weighted by atomic mass is 10.2. The summed E-state index contributed by atoms with van der Waals surface area (Å²) in [5.74, 6) is 1.38. The average Bonchev–Trinajstić information content (AvgIpc) is 2.94. The molecule has 0 fully saturated rings. The van der Waals surface area contributed by atoms with E-state index in [0.717, 1.165) is 24.4 Å². The Morgan fingerprint density at radius 2 is 2.17 bits per heavy atom. The molecule has 0 aliphatic rings. The maximum atomic E-state index is 5.32. The van der Waals surface area contributed by atoms with Crippen molar-refractivity contribution < 1.29 is 4.84 Å². The van der Waals surface area contributed by atoms with Crippen LogP contribution in [0.1, 0.15) is 26.7 Å². The first kappa shape index (κ1) is 12.3. The first-order valence-electron chi connectivity index (χ1n) is 6.02. The molecule has 0 N–H and O–H groups in total. The molecule has 5 nitrogen and oxygen atoms in total. The third-order valence-electron chi connectivity index (χ3n) is 2.56. The van der Waals surface area contributed by atoms with Crippen molar-refractivity contribution in [3.63, 3.8) is 0 Å². The quantitative estimate of drug-likeness (QED) is 0.600. The van der Waals surface area contributed by atoms with Gasteiger partial charge in [0.2, 0.25) is 0 Å². The second-order valence-electron chi connectivity index (χ2n) is 3.76. The fourth-order valence-electron chi connectivity index (χ4n) is 1.46. The van der Waals surface area contributed by atoms with E-state index in [0.29, 0.717) is 5.75 Å². The lowest BCUT2D eigenvalue weighted by Crippen LogP contribution is -1.99. The Labute approximate surface area is 106 Å². The van der Waals surface area contributed by atoms with Crippen molar-refractivity contribution in [2.75, 3.05) is 0 Å². The summed E-state index contributed by atoms with van der Waals surface area (Å²) in [6, 6.07) is 5.52. The maximum absolute atomic E-state index is 5.32. The SMILES string of the molecule is CCC(CC)=NOc1ccc(-n2cccn2)nc1. The summed E-state index contributed by atoms with van der Waals surface area (Å²) in [7, 11) is 0. The van der Waals surface area contributed by atoms with E-state index in [2.05, 4.69) is 29.1 Å². The number of oxime groups is 1. The summed E-state index contributed by atoms with van der Waals surface area (Å²) in [5.41, 5.74) is 1.03. The van der Waals surface area contributed by atoms with Gasteiger partial charge in [-0.05, 0) is 31.0 Å². The molecular formula is C13H16N4O. The third-order valence-corrected chi connectivity index (χ3v) is 2.56. The van der Waals surface area contributed by atoms with Crippen LogP contribution in [0.25, 0.3) is 5.82 Å². The van der Waals surface area contributed by atoms with Gasteiger partial charge in [0, 0.05) is 12.4 Å². The van der Waals surface area contributed by atoms with Crippen molar-refractivity contribution in [3.05, 3.63) is 36.8 Å².